The molecule has 0 bridgehead atoms. The number of hydrogen-bond donors (Lipinski definition) is 2. The van der Waals surface area contributed by atoms with Crippen LogP contribution in [-0.2, 0) is 19.1 Å². The van der Waals surface area contributed by atoms with E-state index in [0.717, 1.165) is 19.3 Å². The number of hydrogen-bond acceptors (Lipinski definition) is 8. The van der Waals surface area contributed by atoms with Crippen molar-refractivity contribution >= 4 is 23.8 Å². The number of benzene rings is 1. The Morgan fingerprint density at radius 1 is 1.06 bits per heavy atom. The van der Waals surface area contributed by atoms with Crippen molar-refractivity contribution in [2.45, 2.75) is 56.7 Å². The van der Waals surface area contributed by atoms with E-state index in [-0.39, 0.29) is 22.9 Å². The van der Waals surface area contributed by atoms with E-state index in [1.165, 1.54) is 39.2 Å². The quantitative estimate of drug-likeness (QED) is 0.469. The Kier molecular flexibility index (Phi) is 6.28. The number of nitrogens with one attached hydrogen (secondary N) is 1. The molecule has 34 heavy (non-hydrogen) atoms. The number of carboxylic acid groups (broad SMARTS) is 1. The van der Waals surface area contributed by atoms with Gasteiger partial charge in [-0.3, -0.25) is 24.6 Å². The Balaban J connectivity index is 1.88. The number of imide groups is 1. The molecule has 184 valence electrons. The predicted molar refractivity (Wildman–Crippen MR) is 119 cm³/mol. The Labute approximate surface area is 197 Å². The van der Waals surface area contributed by atoms with E-state index < -0.39 is 47.2 Å². The molecule has 1 saturated carbocycles. The lowest BCUT2D eigenvalue weighted by molar-refractivity contribution is -0.151. The standard InChI is InChI=1S/C24H30N2O8/c1-24(23(30)31)18-17(20(27)26(21(18)28)12-8-6-5-7-9-12)19(25-24)14-10-13(32-2)11-15(33-3)16(14)22(29)34-4/h10-12,17-19,25H,5-9H2,1-4H3,(H,30,31). The Bertz CT molecular complexity index is 1030. The zero-order valence-electron chi connectivity index (χ0n) is 19.8. The first-order valence-corrected chi connectivity index (χ1v) is 11.4. The minimum Gasteiger partial charge on any atom is -0.497 e. The first kappa shape index (κ1) is 24.0. The number of ether oxygens (including phenoxy) is 3. The lowest BCUT2D eigenvalue weighted by atomic mass is 9.80. The summed E-state index contributed by atoms with van der Waals surface area (Å²) in [6.45, 7) is 1.41. The maximum Gasteiger partial charge on any atom is 0.341 e. The molecule has 2 saturated heterocycles. The molecule has 2 N–H and O–H groups in total. The average molecular weight is 475 g/mol. The number of aliphatic carboxylic acids is 1. The number of methoxy groups -OCH3 is 3. The highest BCUT2D eigenvalue weighted by Crippen LogP contribution is 2.51. The second-order valence-corrected chi connectivity index (χ2v) is 9.26. The van der Waals surface area contributed by atoms with Crippen molar-refractivity contribution < 1.29 is 38.5 Å². The van der Waals surface area contributed by atoms with E-state index in [0.29, 0.717) is 18.6 Å². The van der Waals surface area contributed by atoms with Crippen molar-refractivity contribution in [3.8, 4) is 11.5 Å². The number of carbonyl (C=O) groups is 4. The van der Waals surface area contributed by atoms with Crippen molar-refractivity contribution in [1.82, 2.24) is 10.2 Å². The number of rotatable bonds is 6. The van der Waals surface area contributed by atoms with E-state index in [1.807, 2.05) is 0 Å². The molecule has 3 fully saturated rings. The van der Waals surface area contributed by atoms with Gasteiger partial charge in [0.25, 0.3) is 0 Å². The zero-order valence-corrected chi connectivity index (χ0v) is 19.8. The monoisotopic (exact) mass is 474 g/mol. The van der Waals surface area contributed by atoms with Gasteiger partial charge in [-0.05, 0) is 31.4 Å². The molecular weight excluding hydrogens is 444 g/mol. The smallest absolute Gasteiger partial charge is 0.341 e. The molecule has 4 unspecified atom stereocenters. The van der Waals surface area contributed by atoms with E-state index in [1.54, 1.807) is 6.07 Å². The molecular formula is C24H30N2O8. The fourth-order valence-electron chi connectivity index (χ4n) is 5.78. The van der Waals surface area contributed by atoms with Crippen LogP contribution >= 0.6 is 0 Å². The topological polar surface area (TPSA) is 131 Å². The first-order valence-electron chi connectivity index (χ1n) is 11.4. The fraction of sp³-hybridized carbons (Fsp3) is 0.583. The molecule has 3 aliphatic rings. The van der Waals surface area contributed by atoms with Crippen LogP contribution in [0.3, 0.4) is 0 Å². The zero-order chi connectivity index (χ0) is 24.8. The Morgan fingerprint density at radius 3 is 2.29 bits per heavy atom. The lowest BCUT2D eigenvalue weighted by Gasteiger charge is -2.33. The van der Waals surface area contributed by atoms with Gasteiger partial charge in [0, 0.05) is 18.2 Å². The van der Waals surface area contributed by atoms with Gasteiger partial charge in [-0.25, -0.2) is 4.79 Å². The molecule has 2 aliphatic heterocycles. The van der Waals surface area contributed by atoms with Gasteiger partial charge in [0.2, 0.25) is 11.8 Å². The third kappa shape index (κ3) is 3.51. The molecule has 1 aliphatic carbocycles. The summed E-state index contributed by atoms with van der Waals surface area (Å²) in [6.07, 6.45) is 4.28. The summed E-state index contributed by atoms with van der Waals surface area (Å²) in [5.74, 6) is -4.46. The molecule has 1 aromatic carbocycles. The van der Waals surface area contributed by atoms with Gasteiger partial charge in [-0.2, -0.15) is 0 Å². The van der Waals surface area contributed by atoms with Crippen LogP contribution in [0.4, 0.5) is 0 Å². The number of fused-ring (bicyclic) bond motifs is 1. The van der Waals surface area contributed by atoms with Crippen LogP contribution in [0.2, 0.25) is 0 Å². The van der Waals surface area contributed by atoms with Crippen molar-refractivity contribution in [1.29, 1.82) is 0 Å². The van der Waals surface area contributed by atoms with E-state index >= 15 is 0 Å². The van der Waals surface area contributed by atoms with Gasteiger partial charge < -0.3 is 19.3 Å². The fourth-order valence-corrected chi connectivity index (χ4v) is 5.78. The summed E-state index contributed by atoms with van der Waals surface area (Å²) < 4.78 is 15.7. The van der Waals surface area contributed by atoms with E-state index in [9.17, 15) is 24.3 Å². The average Bonchev–Trinajstić information content (AvgIpc) is 3.31. The highest BCUT2D eigenvalue weighted by molar-refractivity contribution is 6.10. The first-order chi connectivity index (χ1) is 16.2. The van der Waals surface area contributed by atoms with Crippen LogP contribution in [0.15, 0.2) is 12.1 Å². The van der Waals surface area contributed by atoms with Gasteiger partial charge >= 0.3 is 11.9 Å². The van der Waals surface area contributed by atoms with Crippen LogP contribution in [0.1, 0.15) is 61.0 Å². The normalized spacial score (nSPS) is 29.2. The lowest BCUT2D eigenvalue weighted by Crippen LogP contribution is -2.54. The van der Waals surface area contributed by atoms with Crippen molar-refractivity contribution in [3.63, 3.8) is 0 Å². The van der Waals surface area contributed by atoms with Crippen LogP contribution < -0.4 is 14.8 Å². The molecule has 4 atom stereocenters. The van der Waals surface area contributed by atoms with Gasteiger partial charge in [0.1, 0.15) is 22.6 Å². The van der Waals surface area contributed by atoms with Gasteiger partial charge in [0.15, 0.2) is 0 Å². The number of esters is 1. The molecule has 0 radical (unpaired) electrons. The third-order valence-electron chi connectivity index (χ3n) is 7.49. The molecule has 10 heteroatoms. The van der Waals surface area contributed by atoms with Crippen LogP contribution in [0.5, 0.6) is 11.5 Å². The van der Waals surface area contributed by atoms with Crippen molar-refractivity contribution in [2.75, 3.05) is 21.3 Å². The van der Waals surface area contributed by atoms with Crippen molar-refractivity contribution in [2.24, 2.45) is 11.8 Å². The molecule has 10 nitrogen and oxygen atoms in total. The SMILES string of the molecule is COC(=O)c1c(OC)cc(OC)cc1C1NC(C)(C(=O)O)C2C(=O)N(C3CCCCC3)C(=O)C12. The van der Waals surface area contributed by atoms with Gasteiger partial charge in [0.05, 0.1) is 33.2 Å². The summed E-state index contributed by atoms with van der Waals surface area (Å²) in [7, 11) is 4.04. The van der Waals surface area contributed by atoms with Crippen LogP contribution in [0, 0.1) is 11.8 Å². The number of carbonyl (C=O) groups excluding carboxylic acids is 3. The Morgan fingerprint density at radius 2 is 1.74 bits per heavy atom. The summed E-state index contributed by atoms with van der Waals surface area (Å²) >= 11 is 0. The van der Waals surface area contributed by atoms with Crippen molar-refractivity contribution in [3.05, 3.63) is 23.3 Å². The van der Waals surface area contributed by atoms with E-state index in [4.69, 9.17) is 14.2 Å². The molecule has 0 aromatic heterocycles. The maximum absolute atomic E-state index is 13.7. The van der Waals surface area contributed by atoms with Crippen LogP contribution in [-0.4, -0.2) is 66.7 Å². The predicted octanol–water partition coefficient (Wildman–Crippen LogP) is 1.91. The Hall–Kier alpha value is -3.14. The summed E-state index contributed by atoms with van der Waals surface area (Å²) in [5.41, 5.74) is -1.38. The van der Waals surface area contributed by atoms with Gasteiger partial charge in [-0.1, -0.05) is 19.3 Å². The highest BCUT2D eigenvalue weighted by atomic mass is 16.5. The molecule has 4 rings (SSSR count). The molecule has 1 aromatic rings. The minimum atomic E-state index is -1.71. The third-order valence-corrected chi connectivity index (χ3v) is 7.49. The molecule has 2 heterocycles. The number of carboxylic acids is 1. The molecule has 2 amide bonds. The summed E-state index contributed by atoms with van der Waals surface area (Å²) in [6, 6.07) is 1.87. The minimum absolute atomic E-state index is 0.0491. The maximum atomic E-state index is 13.7. The number of amides is 2. The number of likely N-dealkylation sites (tertiary alicyclic amines) is 1. The summed E-state index contributed by atoms with van der Waals surface area (Å²) in [5, 5.41) is 13.1. The summed E-state index contributed by atoms with van der Waals surface area (Å²) in [4.78, 5) is 53.8. The number of nitrogens with zero attached hydrogens (tertiary/aromatic N) is 1. The second kappa shape index (κ2) is 8.90. The second-order valence-electron chi connectivity index (χ2n) is 9.26. The van der Waals surface area contributed by atoms with Gasteiger partial charge in [-0.15, -0.1) is 0 Å². The largest absolute Gasteiger partial charge is 0.497 e. The highest BCUT2D eigenvalue weighted by Gasteiger charge is 2.67. The molecule has 0 spiro atoms. The van der Waals surface area contributed by atoms with E-state index in [2.05, 4.69) is 5.32 Å². The van der Waals surface area contributed by atoms with Crippen LogP contribution in [0.25, 0.3) is 0 Å².